The van der Waals surface area contributed by atoms with Crippen LogP contribution in [0.15, 0.2) is 24.3 Å². The Labute approximate surface area is 119 Å². The Morgan fingerprint density at radius 3 is 2.25 bits per heavy atom. The molecule has 0 unspecified atom stereocenters. The molecular weight excluding hydrogens is 257 g/mol. The Balaban J connectivity index is 1.97. The molecule has 4 nitrogen and oxygen atoms in total. The maximum absolute atomic E-state index is 12.9. The Kier molecular flexibility index (Phi) is 4.40. The van der Waals surface area contributed by atoms with E-state index < -0.39 is 0 Å². The van der Waals surface area contributed by atoms with E-state index in [-0.39, 0.29) is 17.3 Å². The van der Waals surface area contributed by atoms with E-state index in [1.807, 2.05) is 4.90 Å². The van der Waals surface area contributed by atoms with Crippen LogP contribution in [0, 0.1) is 5.82 Å². The summed E-state index contributed by atoms with van der Waals surface area (Å²) in [5, 5.41) is 0. The topological polar surface area (TPSA) is 49.6 Å². The van der Waals surface area contributed by atoms with Crippen LogP contribution < -0.4 is 5.73 Å². The first-order valence-electron chi connectivity index (χ1n) is 6.94. The minimum absolute atomic E-state index is 0.0322. The van der Waals surface area contributed by atoms with Crippen molar-refractivity contribution in [2.45, 2.75) is 19.4 Å². The molecule has 1 aromatic carbocycles. The molecule has 0 spiro atoms. The second-order valence-corrected chi connectivity index (χ2v) is 5.80. The first kappa shape index (κ1) is 14.9. The van der Waals surface area contributed by atoms with Gasteiger partial charge >= 0.3 is 0 Å². The SMILES string of the molecule is CC(C)(CN)N1CCN(C(=O)c2ccc(F)cc2)CC1. The van der Waals surface area contributed by atoms with Gasteiger partial charge in [0.2, 0.25) is 0 Å². The van der Waals surface area contributed by atoms with Crippen LogP contribution in [0.3, 0.4) is 0 Å². The predicted octanol–water partition coefficient (Wildman–Crippen LogP) is 1.32. The Hall–Kier alpha value is -1.46. The molecule has 1 fully saturated rings. The van der Waals surface area contributed by atoms with E-state index in [4.69, 9.17) is 5.73 Å². The third-order valence-electron chi connectivity index (χ3n) is 4.01. The molecule has 1 heterocycles. The van der Waals surface area contributed by atoms with Gasteiger partial charge in [-0.2, -0.15) is 0 Å². The van der Waals surface area contributed by atoms with Crippen molar-refractivity contribution in [2.75, 3.05) is 32.7 Å². The van der Waals surface area contributed by atoms with Crippen molar-refractivity contribution < 1.29 is 9.18 Å². The van der Waals surface area contributed by atoms with Crippen LogP contribution in [-0.2, 0) is 0 Å². The van der Waals surface area contributed by atoms with Crippen LogP contribution in [0.2, 0.25) is 0 Å². The van der Waals surface area contributed by atoms with Gasteiger partial charge in [-0.05, 0) is 38.1 Å². The first-order valence-corrected chi connectivity index (χ1v) is 6.94. The van der Waals surface area contributed by atoms with Crippen molar-refractivity contribution in [1.29, 1.82) is 0 Å². The summed E-state index contributed by atoms with van der Waals surface area (Å²) in [5.41, 5.74) is 6.28. The van der Waals surface area contributed by atoms with Crippen molar-refractivity contribution >= 4 is 5.91 Å². The molecule has 1 aromatic rings. The van der Waals surface area contributed by atoms with Gasteiger partial charge in [-0.1, -0.05) is 0 Å². The fourth-order valence-corrected chi connectivity index (χ4v) is 2.42. The molecule has 2 N–H and O–H groups in total. The molecule has 5 heteroatoms. The maximum Gasteiger partial charge on any atom is 0.253 e. The largest absolute Gasteiger partial charge is 0.336 e. The number of nitrogens with zero attached hydrogens (tertiary/aromatic N) is 2. The molecule has 1 aliphatic rings. The van der Waals surface area contributed by atoms with Crippen LogP contribution >= 0.6 is 0 Å². The molecule has 0 atom stereocenters. The van der Waals surface area contributed by atoms with Gasteiger partial charge in [0.05, 0.1) is 0 Å². The van der Waals surface area contributed by atoms with Gasteiger partial charge < -0.3 is 10.6 Å². The summed E-state index contributed by atoms with van der Waals surface area (Å²) >= 11 is 0. The molecular formula is C15H22FN3O. The fraction of sp³-hybridized carbons (Fsp3) is 0.533. The highest BCUT2D eigenvalue weighted by atomic mass is 19.1. The lowest BCUT2D eigenvalue weighted by Crippen LogP contribution is -2.58. The molecule has 0 radical (unpaired) electrons. The number of nitrogens with two attached hydrogens (primary N) is 1. The second kappa shape index (κ2) is 5.89. The monoisotopic (exact) mass is 279 g/mol. The summed E-state index contributed by atoms with van der Waals surface area (Å²) in [6.07, 6.45) is 0. The number of hydrogen-bond donors (Lipinski definition) is 1. The smallest absolute Gasteiger partial charge is 0.253 e. The van der Waals surface area contributed by atoms with Crippen LogP contribution in [0.1, 0.15) is 24.2 Å². The van der Waals surface area contributed by atoms with Crippen molar-refractivity contribution in [2.24, 2.45) is 5.73 Å². The van der Waals surface area contributed by atoms with Crippen molar-refractivity contribution in [1.82, 2.24) is 9.80 Å². The number of carbonyl (C=O) groups is 1. The molecule has 0 saturated carbocycles. The molecule has 1 saturated heterocycles. The number of rotatable bonds is 3. The zero-order chi connectivity index (χ0) is 14.8. The van der Waals surface area contributed by atoms with E-state index in [0.29, 0.717) is 25.2 Å². The lowest BCUT2D eigenvalue weighted by atomic mass is 10.0. The highest BCUT2D eigenvalue weighted by Crippen LogP contribution is 2.17. The van der Waals surface area contributed by atoms with Crippen molar-refractivity contribution in [3.8, 4) is 0 Å². The summed E-state index contributed by atoms with van der Waals surface area (Å²) in [7, 11) is 0. The Morgan fingerprint density at radius 1 is 1.20 bits per heavy atom. The van der Waals surface area contributed by atoms with E-state index in [1.165, 1.54) is 24.3 Å². The zero-order valence-corrected chi connectivity index (χ0v) is 12.1. The zero-order valence-electron chi connectivity index (χ0n) is 12.1. The molecule has 0 aromatic heterocycles. The second-order valence-electron chi connectivity index (χ2n) is 5.80. The summed E-state index contributed by atoms with van der Waals surface area (Å²) in [6.45, 7) is 7.82. The minimum atomic E-state index is -0.323. The quantitative estimate of drug-likeness (QED) is 0.908. The molecule has 2 rings (SSSR count). The highest BCUT2D eigenvalue weighted by molar-refractivity contribution is 5.94. The fourth-order valence-electron chi connectivity index (χ4n) is 2.42. The van der Waals surface area contributed by atoms with Crippen molar-refractivity contribution in [3.05, 3.63) is 35.6 Å². The van der Waals surface area contributed by atoms with E-state index in [2.05, 4.69) is 18.7 Å². The van der Waals surface area contributed by atoms with Gasteiger partial charge in [0, 0.05) is 43.8 Å². The number of hydrogen-bond acceptors (Lipinski definition) is 3. The van der Waals surface area contributed by atoms with E-state index in [0.717, 1.165) is 13.1 Å². The molecule has 1 amide bonds. The Morgan fingerprint density at radius 2 is 1.75 bits per heavy atom. The summed E-state index contributed by atoms with van der Waals surface area (Å²) in [5.74, 6) is -0.355. The normalized spacial score (nSPS) is 17.3. The van der Waals surface area contributed by atoms with Gasteiger partial charge in [0.1, 0.15) is 5.82 Å². The summed E-state index contributed by atoms with van der Waals surface area (Å²) < 4.78 is 12.9. The average molecular weight is 279 g/mol. The van der Waals surface area contributed by atoms with Gasteiger partial charge in [0.15, 0.2) is 0 Å². The lowest BCUT2D eigenvalue weighted by Gasteiger charge is -2.43. The van der Waals surface area contributed by atoms with Crippen molar-refractivity contribution in [3.63, 3.8) is 0 Å². The van der Waals surface area contributed by atoms with Gasteiger partial charge in [0.25, 0.3) is 5.91 Å². The van der Waals surface area contributed by atoms with Gasteiger partial charge in [-0.15, -0.1) is 0 Å². The number of benzene rings is 1. The Bertz CT molecular complexity index is 465. The third-order valence-corrected chi connectivity index (χ3v) is 4.01. The average Bonchev–Trinajstić information content (AvgIpc) is 2.47. The van der Waals surface area contributed by atoms with E-state index >= 15 is 0 Å². The number of amides is 1. The molecule has 0 aliphatic carbocycles. The van der Waals surface area contributed by atoms with Crippen LogP contribution in [0.4, 0.5) is 4.39 Å². The van der Waals surface area contributed by atoms with Gasteiger partial charge in [-0.3, -0.25) is 9.69 Å². The number of halogens is 1. The first-order chi connectivity index (χ1) is 9.44. The molecule has 20 heavy (non-hydrogen) atoms. The van der Waals surface area contributed by atoms with Crippen LogP contribution in [-0.4, -0.2) is 54.0 Å². The predicted molar refractivity (Wildman–Crippen MR) is 77.0 cm³/mol. The summed E-state index contributed by atoms with van der Waals surface area (Å²) in [4.78, 5) is 16.4. The number of piperazine rings is 1. The highest BCUT2D eigenvalue weighted by Gasteiger charge is 2.30. The molecule has 110 valence electrons. The van der Waals surface area contributed by atoms with E-state index in [1.54, 1.807) is 0 Å². The van der Waals surface area contributed by atoms with Crippen LogP contribution in [0.25, 0.3) is 0 Å². The number of carbonyl (C=O) groups excluding carboxylic acids is 1. The third kappa shape index (κ3) is 3.16. The standard InChI is InChI=1S/C15H22FN3O/c1-15(2,11-17)19-9-7-18(8-10-19)14(20)12-3-5-13(16)6-4-12/h3-6H,7-11,17H2,1-2H3. The maximum atomic E-state index is 12.9. The lowest BCUT2D eigenvalue weighted by molar-refractivity contribution is 0.0426. The molecule has 0 bridgehead atoms. The molecule has 1 aliphatic heterocycles. The van der Waals surface area contributed by atoms with Crippen LogP contribution in [0.5, 0.6) is 0 Å². The van der Waals surface area contributed by atoms with Gasteiger partial charge in [-0.25, -0.2) is 4.39 Å². The minimum Gasteiger partial charge on any atom is -0.336 e. The summed E-state index contributed by atoms with van der Waals surface area (Å²) in [6, 6.07) is 5.71. The van der Waals surface area contributed by atoms with E-state index in [9.17, 15) is 9.18 Å².